The second kappa shape index (κ2) is 13.4. The fourth-order valence-electron chi connectivity index (χ4n) is 3.09. The molecule has 0 radical (unpaired) electrons. The standard InChI is InChI=1S/C20H35NO3S/c1-3-4-15-25-18-16-19(23)21(20(18)24)14-12-10-8-6-5-7-9-11-13-17(2)22/h18H,3-16H2,1-2H3. The molecule has 1 aliphatic rings. The summed E-state index contributed by atoms with van der Waals surface area (Å²) in [5.41, 5.74) is 0. The van der Waals surface area contributed by atoms with Crippen molar-refractivity contribution >= 4 is 29.4 Å². The van der Waals surface area contributed by atoms with Crippen LogP contribution in [0, 0.1) is 0 Å². The molecule has 1 saturated heterocycles. The average molecular weight is 370 g/mol. The van der Waals surface area contributed by atoms with E-state index in [4.69, 9.17) is 0 Å². The molecule has 0 N–H and O–H groups in total. The summed E-state index contributed by atoms with van der Waals surface area (Å²) in [6.07, 6.45) is 12.3. The van der Waals surface area contributed by atoms with E-state index in [1.807, 2.05) is 0 Å². The van der Waals surface area contributed by atoms with Crippen LogP contribution in [0.3, 0.4) is 0 Å². The maximum atomic E-state index is 12.3. The van der Waals surface area contributed by atoms with Crippen molar-refractivity contribution in [2.24, 2.45) is 0 Å². The Morgan fingerprint density at radius 1 is 1.00 bits per heavy atom. The average Bonchev–Trinajstić information content (AvgIpc) is 2.83. The van der Waals surface area contributed by atoms with E-state index in [-0.39, 0.29) is 22.8 Å². The number of amides is 2. The molecule has 0 bridgehead atoms. The number of ketones is 1. The van der Waals surface area contributed by atoms with Crippen molar-refractivity contribution in [1.82, 2.24) is 4.90 Å². The van der Waals surface area contributed by atoms with Gasteiger partial charge in [0.15, 0.2) is 0 Å². The molecule has 0 aromatic heterocycles. The molecule has 0 aromatic carbocycles. The van der Waals surface area contributed by atoms with Crippen LogP contribution in [-0.2, 0) is 14.4 Å². The molecule has 1 atom stereocenters. The minimum absolute atomic E-state index is 0.0180. The lowest BCUT2D eigenvalue weighted by Crippen LogP contribution is -2.32. The molecule has 1 unspecified atom stereocenters. The maximum Gasteiger partial charge on any atom is 0.242 e. The van der Waals surface area contributed by atoms with Gasteiger partial charge in [-0.2, -0.15) is 0 Å². The zero-order chi connectivity index (χ0) is 18.5. The molecule has 1 aliphatic heterocycles. The van der Waals surface area contributed by atoms with Gasteiger partial charge in [0.1, 0.15) is 5.78 Å². The highest BCUT2D eigenvalue weighted by Gasteiger charge is 2.37. The van der Waals surface area contributed by atoms with Crippen molar-refractivity contribution < 1.29 is 14.4 Å². The van der Waals surface area contributed by atoms with E-state index in [0.717, 1.165) is 57.1 Å². The predicted octanol–water partition coefficient (Wildman–Crippen LogP) is 4.75. The minimum atomic E-state index is -0.131. The Morgan fingerprint density at radius 3 is 2.20 bits per heavy atom. The third-order valence-electron chi connectivity index (χ3n) is 4.68. The summed E-state index contributed by atoms with van der Waals surface area (Å²) in [4.78, 5) is 36.6. The second-order valence-corrected chi connectivity index (χ2v) is 8.39. The van der Waals surface area contributed by atoms with E-state index in [2.05, 4.69) is 6.92 Å². The van der Waals surface area contributed by atoms with E-state index < -0.39 is 0 Å². The number of carbonyl (C=O) groups is 3. The topological polar surface area (TPSA) is 54.5 Å². The molecule has 5 heteroatoms. The van der Waals surface area contributed by atoms with Crippen LogP contribution in [0.25, 0.3) is 0 Å². The molecule has 1 rings (SSSR count). The summed E-state index contributed by atoms with van der Waals surface area (Å²) in [7, 11) is 0. The Labute approximate surface area is 157 Å². The van der Waals surface area contributed by atoms with Gasteiger partial charge in [-0.1, -0.05) is 51.9 Å². The van der Waals surface area contributed by atoms with Crippen LogP contribution in [0.1, 0.15) is 90.9 Å². The minimum Gasteiger partial charge on any atom is -0.300 e. The normalized spacial score (nSPS) is 17.5. The lowest BCUT2D eigenvalue weighted by Gasteiger charge is -2.14. The predicted molar refractivity (Wildman–Crippen MR) is 105 cm³/mol. The number of rotatable bonds is 15. The summed E-state index contributed by atoms with van der Waals surface area (Å²) in [5, 5.41) is -0.131. The summed E-state index contributed by atoms with van der Waals surface area (Å²) >= 11 is 1.65. The Hall–Kier alpha value is -0.840. The van der Waals surface area contributed by atoms with Crippen LogP contribution in [0.15, 0.2) is 0 Å². The first-order valence-corrected chi connectivity index (χ1v) is 11.1. The highest BCUT2D eigenvalue weighted by Crippen LogP contribution is 2.26. The van der Waals surface area contributed by atoms with Crippen LogP contribution in [0.5, 0.6) is 0 Å². The van der Waals surface area contributed by atoms with Gasteiger partial charge < -0.3 is 4.79 Å². The Kier molecular flexibility index (Phi) is 11.9. The van der Waals surface area contributed by atoms with E-state index in [1.54, 1.807) is 18.7 Å². The molecule has 1 heterocycles. The first-order valence-electron chi connectivity index (χ1n) is 10.0. The van der Waals surface area contributed by atoms with E-state index >= 15 is 0 Å². The summed E-state index contributed by atoms with van der Waals surface area (Å²) in [6.45, 7) is 4.39. The Bertz CT molecular complexity index is 425. The number of thioether (sulfide) groups is 1. The maximum absolute atomic E-state index is 12.3. The van der Waals surface area contributed by atoms with Crippen LogP contribution < -0.4 is 0 Å². The second-order valence-electron chi connectivity index (χ2n) is 7.08. The van der Waals surface area contributed by atoms with Gasteiger partial charge in [0.05, 0.1) is 5.25 Å². The van der Waals surface area contributed by atoms with E-state index in [9.17, 15) is 14.4 Å². The number of hydrogen-bond acceptors (Lipinski definition) is 4. The van der Waals surface area contributed by atoms with Crippen LogP contribution in [-0.4, -0.2) is 40.0 Å². The number of nitrogens with zero attached hydrogens (tertiary/aromatic N) is 1. The van der Waals surface area contributed by atoms with Gasteiger partial charge in [0, 0.05) is 19.4 Å². The van der Waals surface area contributed by atoms with Crippen molar-refractivity contribution in [3.63, 3.8) is 0 Å². The smallest absolute Gasteiger partial charge is 0.242 e. The fourth-order valence-corrected chi connectivity index (χ4v) is 4.36. The third kappa shape index (κ3) is 9.43. The molecule has 144 valence electrons. The summed E-state index contributed by atoms with van der Waals surface area (Å²) < 4.78 is 0. The Balaban J connectivity index is 2.03. The van der Waals surface area contributed by atoms with E-state index in [0.29, 0.717) is 13.0 Å². The summed E-state index contributed by atoms with van der Waals surface area (Å²) in [6, 6.07) is 0. The number of hydrogen-bond donors (Lipinski definition) is 0. The van der Waals surface area contributed by atoms with E-state index in [1.165, 1.54) is 24.2 Å². The first-order chi connectivity index (χ1) is 12.1. The molecule has 0 spiro atoms. The molecule has 1 fully saturated rings. The van der Waals surface area contributed by atoms with Gasteiger partial charge in [-0.15, -0.1) is 11.8 Å². The number of Topliss-reactive ketones (excluding diaryl/α,β-unsaturated/α-hetero) is 1. The lowest BCUT2D eigenvalue weighted by atomic mass is 10.1. The lowest BCUT2D eigenvalue weighted by molar-refractivity contribution is -0.138. The highest BCUT2D eigenvalue weighted by molar-refractivity contribution is 8.00. The van der Waals surface area contributed by atoms with Crippen molar-refractivity contribution in [2.75, 3.05) is 12.3 Å². The van der Waals surface area contributed by atoms with Gasteiger partial charge in [-0.3, -0.25) is 14.5 Å². The monoisotopic (exact) mass is 369 g/mol. The van der Waals surface area contributed by atoms with Crippen LogP contribution in [0.4, 0.5) is 0 Å². The highest BCUT2D eigenvalue weighted by atomic mass is 32.2. The third-order valence-corrected chi connectivity index (χ3v) is 5.98. The van der Waals surface area contributed by atoms with Gasteiger partial charge in [0.2, 0.25) is 11.8 Å². The van der Waals surface area contributed by atoms with Gasteiger partial charge in [0.25, 0.3) is 0 Å². The molecule has 4 nitrogen and oxygen atoms in total. The van der Waals surface area contributed by atoms with Crippen molar-refractivity contribution in [3.8, 4) is 0 Å². The number of unbranched alkanes of at least 4 members (excludes halogenated alkanes) is 8. The van der Waals surface area contributed by atoms with Crippen molar-refractivity contribution in [1.29, 1.82) is 0 Å². The van der Waals surface area contributed by atoms with Crippen LogP contribution in [0.2, 0.25) is 0 Å². The first kappa shape index (κ1) is 22.2. The molecular weight excluding hydrogens is 334 g/mol. The van der Waals surface area contributed by atoms with Crippen LogP contribution >= 0.6 is 11.8 Å². The summed E-state index contributed by atoms with van der Waals surface area (Å²) in [5.74, 6) is 1.32. The van der Waals surface area contributed by atoms with Gasteiger partial charge >= 0.3 is 0 Å². The molecule has 2 amide bonds. The number of carbonyl (C=O) groups excluding carboxylic acids is 3. The zero-order valence-electron chi connectivity index (χ0n) is 16.1. The fraction of sp³-hybridized carbons (Fsp3) is 0.850. The largest absolute Gasteiger partial charge is 0.300 e. The molecule has 0 saturated carbocycles. The number of likely N-dealkylation sites (tertiary alicyclic amines) is 1. The quantitative estimate of drug-likeness (QED) is 0.309. The van der Waals surface area contributed by atoms with Crippen molar-refractivity contribution in [3.05, 3.63) is 0 Å². The molecule has 25 heavy (non-hydrogen) atoms. The van der Waals surface area contributed by atoms with Crippen molar-refractivity contribution in [2.45, 2.75) is 96.1 Å². The molecular formula is C20H35NO3S. The molecule has 0 aromatic rings. The Morgan fingerprint density at radius 2 is 1.60 bits per heavy atom. The zero-order valence-corrected chi connectivity index (χ0v) is 16.9. The SMILES string of the molecule is CCCCSC1CC(=O)N(CCCCCCCCCCC(C)=O)C1=O. The van der Waals surface area contributed by atoms with Gasteiger partial charge in [-0.05, 0) is 31.9 Å². The van der Waals surface area contributed by atoms with Gasteiger partial charge in [-0.25, -0.2) is 0 Å². The number of imide groups is 1. The molecule has 0 aliphatic carbocycles.